The van der Waals surface area contributed by atoms with E-state index in [4.69, 9.17) is 0 Å². The molecule has 0 radical (unpaired) electrons. The molecule has 0 aromatic heterocycles. The highest BCUT2D eigenvalue weighted by atomic mass is 33.1. The Hall–Kier alpha value is -0.0800. The van der Waals surface area contributed by atoms with Crippen molar-refractivity contribution in [1.29, 1.82) is 0 Å². The molecule has 0 fully saturated rings. The summed E-state index contributed by atoms with van der Waals surface area (Å²) < 4.78 is 0. The van der Waals surface area contributed by atoms with E-state index < -0.39 is 0 Å². The van der Waals surface area contributed by atoms with Gasteiger partial charge in [-0.1, -0.05) is 46.7 Å². The van der Waals surface area contributed by atoms with E-state index in [1.807, 2.05) is 21.6 Å². The molecule has 0 amide bonds. The molecule has 1 unspecified atom stereocenters. The molecule has 0 spiro atoms. The molecule has 0 bridgehead atoms. The van der Waals surface area contributed by atoms with Crippen molar-refractivity contribution in [2.24, 2.45) is 0 Å². The van der Waals surface area contributed by atoms with Crippen LogP contribution in [0.1, 0.15) is 24.2 Å². The van der Waals surface area contributed by atoms with E-state index >= 15 is 0 Å². The highest BCUT2D eigenvalue weighted by Gasteiger charge is 2.21. The van der Waals surface area contributed by atoms with Crippen LogP contribution in [0.4, 0.5) is 0 Å². The van der Waals surface area contributed by atoms with Crippen molar-refractivity contribution < 1.29 is 0 Å². The minimum absolute atomic E-state index is 0.733. The third-order valence-corrected chi connectivity index (χ3v) is 4.88. The SMILES string of the molecule is CCC1SSc2ccccc21. The molecule has 0 nitrogen and oxygen atoms in total. The molecule has 0 N–H and O–H groups in total. The molecule has 1 aromatic carbocycles. The average molecular weight is 182 g/mol. The van der Waals surface area contributed by atoms with Gasteiger partial charge in [0.25, 0.3) is 0 Å². The zero-order chi connectivity index (χ0) is 7.68. The molecule has 11 heavy (non-hydrogen) atoms. The second-order valence-corrected chi connectivity index (χ2v) is 5.06. The predicted molar refractivity (Wildman–Crippen MR) is 52.9 cm³/mol. The number of hydrogen-bond acceptors (Lipinski definition) is 2. The maximum atomic E-state index is 2.25. The van der Waals surface area contributed by atoms with Crippen LogP contribution in [0.3, 0.4) is 0 Å². The quantitative estimate of drug-likeness (QED) is 0.604. The Morgan fingerprint density at radius 2 is 2.18 bits per heavy atom. The minimum Gasteiger partial charge on any atom is -0.0806 e. The molecule has 1 aromatic rings. The summed E-state index contributed by atoms with van der Waals surface area (Å²) in [5.74, 6) is 0. The Morgan fingerprint density at radius 1 is 1.36 bits per heavy atom. The monoisotopic (exact) mass is 182 g/mol. The highest BCUT2D eigenvalue weighted by Crippen LogP contribution is 2.53. The van der Waals surface area contributed by atoms with Crippen LogP contribution in [0.2, 0.25) is 0 Å². The minimum atomic E-state index is 0.733. The molecule has 0 aliphatic carbocycles. The number of benzene rings is 1. The van der Waals surface area contributed by atoms with Crippen LogP contribution < -0.4 is 0 Å². The molecule has 2 heteroatoms. The normalized spacial score (nSPS) is 21.7. The van der Waals surface area contributed by atoms with Gasteiger partial charge < -0.3 is 0 Å². The Balaban J connectivity index is 2.39. The summed E-state index contributed by atoms with van der Waals surface area (Å²) in [7, 11) is 3.91. The summed E-state index contributed by atoms with van der Waals surface area (Å²) >= 11 is 0. The smallest absolute Gasteiger partial charge is 0.0413 e. The lowest BCUT2D eigenvalue weighted by molar-refractivity contribution is 0.887. The number of rotatable bonds is 1. The van der Waals surface area contributed by atoms with Crippen molar-refractivity contribution in [2.45, 2.75) is 23.5 Å². The molecule has 1 atom stereocenters. The van der Waals surface area contributed by atoms with Gasteiger partial charge in [0.05, 0.1) is 0 Å². The molecular weight excluding hydrogens is 172 g/mol. The molecular formula is C9H10S2. The van der Waals surface area contributed by atoms with E-state index in [9.17, 15) is 0 Å². The summed E-state index contributed by atoms with van der Waals surface area (Å²) in [4.78, 5) is 1.46. The standard InChI is InChI=1S/C9H10S2/c1-2-8-7-5-3-4-6-9(7)11-10-8/h3-6,8H,2H2,1H3. The summed E-state index contributed by atoms with van der Waals surface area (Å²) in [5.41, 5.74) is 1.53. The van der Waals surface area contributed by atoms with Crippen molar-refractivity contribution in [1.82, 2.24) is 0 Å². The van der Waals surface area contributed by atoms with E-state index in [0.29, 0.717) is 0 Å². The first-order chi connectivity index (χ1) is 5.42. The highest BCUT2D eigenvalue weighted by molar-refractivity contribution is 8.77. The van der Waals surface area contributed by atoms with Crippen molar-refractivity contribution >= 4 is 21.6 Å². The molecule has 1 aliphatic rings. The Morgan fingerprint density at radius 3 is 3.00 bits per heavy atom. The van der Waals surface area contributed by atoms with Gasteiger partial charge in [-0.3, -0.25) is 0 Å². The van der Waals surface area contributed by atoms with Crippen LogP contribution in [0, 0.1) is 0 Å². The van der Waals surface area contributed by atoms with Crippen LogP contribution in [-0.2, 0) is 0 Å². The second kappa shape index (κ2) is 3.11. The zero-order valence-electron chi connectivity index (χ0n) is 6.41. The molecule has 2 rings (SSSR count). The maximum Gasteiger partial charge on any atom is 0.0413 e. The van der Waals surface area contributed by atoms with Gasteiger partial charge in [-0.2, -0.15) is 0 Å². The van der Waals surface area contributed by atoms with E-state index in [1.54, 1.807) is 0 Å². The van der Waals surface area contributed by atoms with Crippen LogP contribution >= 0.6 is 21.6 Å². The first kappa shape index (κ1) is 7.56. The molecule has 1 aliphatic heterocycles. The van der Waals surface area contributed by atoms with E-state index in [0.717, 1.165) is 5.25 Å². The second-order valence-electron chi connectivity index (χ2n) is 2.61. The van der Waals surface area contributed by atoms with Crippen molar-refractivity contribution in [3.63, 3.8) is 0 Å². The molecule has 58 valence electrons. The molecule has 0 saturated carbocycles. The Bertz CT molecular complexity index is 257. The fraction of sp³-hybridized carbons (Fsp3) is 0.333. The fourth-order valence-corrected chi connectivity index (χ4v) is 4.29. The van der Waals surface area contributed by atoms with Crippen LogP contribution in [0.5, 0.6) is 0 Å². The largest absolute Gasteiger partial charge is 0.0806 e. The third-order valence-electron chi connectivity index (χ3n) is 1.89. The lowest BCUT2D eigenvalue weighted by Crippen LogP contribution is -1.85. The van der Waals surface area contributed by atoms with E-state index in [2.05, 4.69) is 31.2 Å². The Labute approximate surface area is 75.2 Å². The van der Waals surface area contributed by atoms with Gasteiger partial charge in [-0.05, 0) is 18.1 Å². The third kappa shape index (κ3) is 1.30. The first-order valence-electron chi connectivity index (χ1n) is 3.84. The molecule has 0 saturated heterocycles. The number of hydrogen-bond donors (Lipinski definition) is 0. The van der Waals surface area contributed by atoms with E-state index in [-0.39, 0.29) is 0 Å². The average Bonchev–Trinajstić information content (AvgIpc) is 2.47. The maximum absolute atomic E-state index is 2.25. The van der Waals surface area contributed by atoms with Crippen LogP contribution in [-0.4, -0.2) is 0 Å². The van der Waals surface area contributed by atoms with E-state index in [1.165, 1.54) is 16.9 Å². The Kier molecular flexibility index (Phi) is 2.14. The lowest BCUT2D eigenvalue weighted by Gasteiger charge is -2.03. The van der Waals surface area contributed by atoms with Gasteiger partial charge in [0.15, 0.2) is 0 Å². The van der Waals surface area contributed by atoms with Gasteiger partial charge in [0, 0.05) is 10.1 Å². The van der Waals surface area contributed by atoms with Crippen molar-refractivity contribution in [3.8, 4) is 0 Å². The predicted octanol–water partition coefficient (Wildman–Crippen LogP) is 3.89. The number of fused-ring (bicyclic) bond motifs is 1. The molecule has 1 heterocycles. The first-order valence-corrected chi connectivity index (χ1v) is 6.05. The zero-order valence-corrected chi connectivity index (χ0v) is 8.04. The van der Waals surface area contributed by atoms with Gasteiger partial charge in [-0.25, -0.2) is 0 Å². The summed E-state index contributed by atoms with van der Waals surface area (Å²) in [6.07, 6.45) is 1.24. The van der Waals surface area contributed by atoms with Gasteiger partial charge in [0.1, 0.15) is 0 Å². The summed E-state index contributed by atoms with van der Waals surface area (Å²) in [5, 5.41) is 0.733. The lowest BCUT2D eigenvalue weighted by atomic mass is 10.1. The van der Waals surface area contributed by atoms with Crippen LogP contribution in [0.15, 0.2) is 29.2 Å². The van der Waals surface area contributed by atoms with Crippen molar-refractivity contribution in [2.75, 3.05) is 0 Å². The fourth-order valence-electron chi connectivity index (χ4n) is 1.27. The van der Waals surface area contributed by atoms with Crippen LogP contribution in [0.25, 0.3) is 0 Å². The topological polar surface area (TPSA) is 0 Å². The van der Waals surface area contributed by atoms with Gasteiger partial charge in [0.2, 0.25) is 0 Å². The summed E-state index contributed by atoms with van der Waals surface area (Å²) in [6, 6.07) is 8.71. The van der Waals surface area contributed by atoms with Gasteiger partial charge in [-0.15, -0.1) is 0 Å². The van der Waals surface area contributed by atoms with Crippen molar-refractivity contribution in [3.05, 3.63) is 29.8 Å². The summed E-state index contributed by atoms with van der Waals surface area (Å²) in [6.45, 7) is 2.25. The van der Waals surface area contributed by atoms with Gasteiger partial charge >= 0.3 is 0 Å².